The second kappa shape index (κ2) is 7.50. The predicted molar refractivity (Wildman–Crippen MR) is 106 cm³/mol. The summed E-state index contributed by atoms with van der Waals surface area (Å²) in [5.74, 6) is 1.36. The highest BCUT2D eigenvalue weighted by Gasteiger charge is 2.35. The largest absolute Gasteiger partial charge is 0.353 e. The first-order valence-electron chi connectivity index (χ1n) is 9.67. The van der Waals surface area contributed by atoms with E-state index in [4.69, 9.17) is 4.52 Å². The van der Waals surface area contributed by atoms with Crippen molar-refractivity contribution >= 4 is 22.9 Å². The molecule has 0 aliphatic carbocycles. The Morgan fingerprint density at radius 1 is 1.23 bits per heavy atom. The van der Waals surface area contributed by atoms with Crippen LogP contribution in [0.1, 0.15) is 12.8 Å². The number of nitrogens with zero attached hydrogens (tertiary/aromatic N) is 8. The minimum Gasteiger partial charge on any atom is -0.353 e. The first-order valence-corrected chi connectivity index (χ1v) is 9.67. The Balaban J connectivity index is 1.18. The molecule has 1 aromatic carbocycles. The summed E-state index contributed by atoms with van der Waals surface area (Å²) in [7, 11) is 0. The van der Waals surface area contributed by atoms with E-state index < -0.39 is 0 Å². The van der Waals surface area contributed by atoms with Crippen molar-refractivity contribution in [1.82, 2.24) is 40.4 Å². The average Bonchev–Trinajstić information content (AvgIpc) is 3.39. The molecule has 4 heterocycles. The van der Waals surface area contributed by atoms with Gasteiger partial charge in [0.15, 0.2) is 17.0 Å². The second-order valence-corrected chi connectivity index (χ2v) is 6.97. The van der Waals surface area contributed by atoms with Crippen LogP contribution in [0.5, 0.6) is 0 Å². The van der Waals surface area contributed by atoms with Crippen molar-refractivity contribution in [2.45, 2.75) is 20.0 Å². The zero-order chi connectivity index (χ0) is 20.5. The molecule has 1 amide bonds. The van der Waals surface area contributed by atoms with Gasteiger partial charge in [-0.2, -0.15) is 4.98 Å². The zero-order valence-corrected chi connectivity index (χ0v) is 16.3. The van der Waals surface area contributed by atoms with Crippen LogP contribution in [-0.4, -0.2) is 54.1 Å². The van der Waals surface area contributed by atoms with Crippen molar-refractivity contribution in [2.75, 3.05) is 18.0 Å². The van der Waals surface area contributed by atoms with Crippen LogP contribution in [0.15, 0.2) is 41.2 Å². The lowest BCUT2D eigenvalue weighted by Gasteiger charge is -2.38. The fourth-order valence-corrected chi connectivity index (χ4v) is 3.38. The van der Waals surface area contributed by atoms with Crippen molar-refractivity contribution in [1.29, 1.82) is 0 Å². The minimum absolute atomic E-state index is 0.0618. The molecule has 1 N–H and O–H groups in total. The van der Waals surface area contributed by atoms with Gasteiger partial charge in [-0.15, -0.1) is 5.10 Å². The third-order valence-electron chi connectivity index (χ3n) is 5.05. The third-order valence-corrected chi connectivity index (χ3v) is 5.05. The molecule has 5 rings (SSSR count). The van der Waals surface area contributed by atoms with Crippen LogP contribution in [0.3, 0.4) is 0 Å². The average molecular weight is 405 g/mol. The molecule has 0 spiro atoms. The van der Waals surface area contributed by atoms with Crippen molar-refractivity contribution in [3.8, 4) is 11.4 Å². The van der Waals surface area contributed by atoms with Gasteiger partial charge in [-0.25, -0.2) is 14.6 Å². The Kier molecular flexibility index (Phi) is 4.54. The Labute approximate surface area is 171 Å². The first-order chi connectivity index (χ1) is 14.7. The zero-order valence-electron chi connectivity index (χ0n) is 16.3. The maximum absolute atomic E-state index is 12.5. The highest BCUT2D eigenvalue weighted by Crippen LogP contribution is 2.27. The normalized spacial score (nSPS) is 14.1. The first kappa shape index (κ1) is 18.2. The Bertz CT molecular complexity index is 1180. The summed E-state index contributed by atoms with van der Waals surface area (Å²) in [5.41, 5.74) is 2.21. The van der Waals surface area contributed by atoms with Crippen LogP contribution in [-0.2, 0) is 17.9 Å². The van der Waals surface area contributed by atoms with E-state index in [1.807, 2.05) is 42.2 Å². The molecular formula is C19H19N9O2. The monoisotopic (exact) mass is 405 g/mol. The number of benzene rings is 1. The molecule has 4 aromatic rings. The third kappa shape index (κ3) is 3.23. The van der Waals surface area contributed by atoms with Crippen LogP contribution in [0.4, 0.5) is 5.82 Å². The lowest BCUT2D eigenvalue weighted by molar-refractivity contribution is -0.126. The molecule has 1 aliphatic heterocycles. The van der Waals surface area contributed by atoms with Crippen molar-refractivity contribution in [3.63, 3.8) is 0 Å². The molecule has 3 aromatic heterocycles. The smallest absolute Gasteiger partial charge is 0.246 e. The van der Waals surface area contributed by atoms with Gasteiger partial charge < -0.3 is 14.7 Å². The van der Waals surface area contributed by atoms with Gasteiger partial charge >= 0.3 is 0 Å². The van der Waals surface area contributed by atoms with Gasteiger partial charge in [-0.1, -0.05) is 40.7 Å². The number of anilines is 1. The van der Waals surface area contributed by atoms with E-state index in [0.29, 0.717) is 48.3 Å². The molecular weight excluding hydrogens is 386 g/mol. The Morgan fingerprint density at radius 3 is 2.87 bits per heavy atom. The van der Waals surface area contributed by atoms with E-state index in [1.54, 1.807) is 4.68 Å². The maximum atomic E-state index is 12.5. The molecule has 0 radical (unpaired) electrons. The fraction of sp³-hybridized carbons (Fsp3) is 0.316. The van der Waals surface area contributed by atoms with Crippen LogP contribution in [0.2, 0.25) is 0 Å². The summed E-state index contributed by atoms with van der Waals surface area (Å²) in [6, 6.07) is 9.54. The highest BCUT2D eigenvalue weighted by molar-refractivity contribution is 5.86. The summed E-state index contributed by atoms with van der Waals surface area (Å²) < 4.78 is 6.95. The number of aromatic nitrogens is 7. The summed E-state index contributed by atoms with van der Waals surface area (Å²) in [5, 5.41) is 15.1. The molecule has 11 heteroatoms. The number of carbonyl (C=O) groups excluding carboxylic acids is 1. The maximum Gasteiger partial charge on any atom is 0.246 e. The topological polar surface area (TPSA) is 128 Å². The molecule has 1 aliphatic rings. The van der Waals surface area contributed by atoms with E-state index >= 15 is 0 Å². The minimum atomic E-state index is -0.146. The summed E-state index contributed by atoms with van der Waals surface area (Å²) in [6.07, 6.45) is 1.50. The van der Waals surface area contributed by atoms with E-state index in [9.17, 15) is 4.79 Å². The number of nitrogens with one attached hydrogen (secondary N) is 1. The number of hydrogen-bond acceptors (Lipinski definition) is 9. The lowest BCUT2D eigenvalue weighted by atomic mass is 9.99. The van der Waals surface area contributed by atoms with Crippen LogP contribution in [0, 0.1) is 5.92 Å². The molecule has 0 saturated carbocycles. The Morgan fingerprint density at radius 2 is 2.07 bits per heavy atom. The van der Waals surface area contributed by atoms with Gasteiger partial charge in [0, 0.05) is 25.2 Å². The van der Waals surface area contributed by atoms with Crippen LogP contribution < -0.4 is 10.2 Å². The predicted octanol–water partition coefficient (Wildman–Crippen LogP) is 1.04. The van der Waals surface area contributed by atoms with Gasteiger partial charge in [0.2, 0.25) is 17.6 Å². The number of carbonyl (C=O) groups is 1. The molecule has 30 heavy (non-hydrogen) atoms. The molecule has 0 atom stereocenters. The molecule has 0 unspecified atom stereocenters. The molecule has 152 valence electrons. The number of fused-ring (bicyclic) bond motifs is 1. The molecule has 11 nitrogen and oxygen atoms in total. The van der Waals surface area contributed by atoms with E-state index in [2.05, 4.69) is 35.7 Å². The summed E-state index contributed by atoms with van der Waals surface area (Å²) in [4.78, 5) is 27.4. The van der Waals surface area contributed by atoms with E-state index in [1.165, 1.54) is 6.33 Å². The highest BCUT2D eigenvalue weighted by atomic mass is 16.5. The molecule has 0 bridgehead atoms. The number of hydrogen-bond donors (Lipinski definition) is 1. The summed E-state index contributed by atoms with van der Waals surface area (Å²) >= 11 is 0. The Hall–Kier alpha value is -3.89. The van der Waals surface area contributed by atoms with Crippen LogP contribution >= 0.6 is 0 Å². The number of amides is 1. The quantitative estimate of drug-likeness (QED) is 0.500. The number of aryl methyl sites for hydroxylation is 1. The summed E-state index contributed by atoms with van der Waals surface area (Å²) in [6.45, 7) is 3.95. The van der Waals surface area contributed by atoms with Gasteiger partial charge in [-0.3, -0.25) is 4.79 Å². The van der Waals surface area contributed by atoms with Crippen molar-refractivity contribution in [2.24, 2.45) is 5.92 Å². The second-order valence-electron chi connectivity index (χ2n) is 6.97. The van der Waals surface area contributed by atoms with E-state index in [-0.39, 0.29) is 18.4 Å². The molecule has 1 fully saturated rings. The number of rotatable bonds is 6. The lowest BCUT2D eigenvalue weighted by Crippen LogP contribution is -2.54. The SMILES string of the molecule is CCn1nnc2c(N3CC(C(=O)NCc4nc(-c5ccccc5)no4)C3)ncnc21. The van der Waals surface area contributed by atoms with Crippen LogP contribution in [0.25, 0.3) is 22.6 Å². The standard InChI is InChI=1S/C19H19N9O2/c1-2-28-18-15(24-26-28)17(21-11-22-18)27-9-13(10-27)19(29)20-8-14-23-16(25-30-14)12-6-4-3-5-7-12/h3-7,11,13H,2,8-10H2,1H3,(H,20,29). The van der Waals surface area contributed by atoms with E-state index in [0.717, 1.165) is 5.56 Å². The fourth-order valence-electron chi connectivity index (χ4n) is 3.38. The van der Waals surface area contributed by atoms with Gasteiger partial charge in [0.1, 0.15) is 6.33 Å². The molecule has 1 saturated heterocycles. The van der Waals surface area contributed by atoms with Gasteiger partial charge in [-0.05, 0) is 6.92 Å². The van der Waals surface area contributed by atoms with Gasteiger partial charge in [0.05, 0.1) is 12.5 Å². The van der Waals surface area contributed by atoms with Crippen molar-refractivity contribution in [3.05, 3.63) is 42.5 Å². The van der Waals surface area contributed by atoms with Gasteiger partial charge in [0.25, 0.3) is 0 Å². The van der Waals surface area contributed by atoms with Crippen molar-refractivity contribution < 1.29 is 9.32 Å².